The van der Waals surface area contributed by atoms with Crippen LogP contribution in [0.1, 0.15) is 0 Å². The summed E-state index contributed by atoms with van der Waals surface area (Å²) in [5.74, 6) is -0.359. The second-order valence-corrected chi connectivity index (χ2v) is 6.77. The van der Waals surface area contributed by atoms with Crippen LogP contribution < -0.4 is 10.9 Å². The molecule has 0 aliphatic heterocycles. The van der Waals surface area contributed by atoms with Crippen LogP contribution in [-0.4, -0.2) is 30.5 Å². The molecular formula is C22H16N6O2. The molecule has 2 aromatic heterocycles. The summed E-state index contributed by atoms with van der Waals surface area (Å²) in [6, 6.07) is 22.2. The highest BCUT2D eigenvalue weighted by Crippen LogP contribution is 2.19. The topological polar surface area (TPSA) is 94.7 Å². The normalized spacial score (nSPS) is 11.1. The molecule has 0 spiro atoms. The van der Waals surface area contributed by atoms with Gasteiger partial charge in [0.05, 0.1) is 16.4 Å². The lowest BCUT2D eigenvalue weighted by atomic mass is 10.2. The molecule has 0 saturated heterocycles. The van der Waals surface area contributed by atoms with Crippen molar-refractivity contribution < 1.29 is 4.79 Å². The number of amides is 1. The van der Waals surface area contributed by atoms with E-state index < -0.39 is 0 Å². The zero-order valence-corrected chi connectivity index (χ0v) is 15.8. The molecule has 0 fully saturated rings. The summed E-state index contributed by atoms with van der Waals surface area (Å²) >= 11 is 0. The Kier molecular flexibility index (Phi) is 4.29. The molecule has 3 aromatic carbocycles. The van der Waals surface area contributed by atoms with E-state index in [9.17, 15) is 9.59 Å². The molecular weight excluding hydrogens is 380 g/mol. The number of rotatable bonds is 4. The van der Waals surface area contributed by atoms with E-state index in [-0.39, 0.29) is 18.0 Å². The summed E-state index contributed by atoms with van der Waals surface area (Å²) in [7, 11) is 0. The second kappa shape index (κ2) is 7.25. The first-order valence-electron chi connectivity index (χ1n) is 9.34. The van der Waals surface area contributed by atoms with Gasteiger partial charge < -0.3 is 5.32 Å². The molecule has 2 heterocycles. The van der Waals surface area contributed by atoms with Crippen molar-refractivity contribution in [2.75, 3.05) is 5.32 Å². The molecule has 1 N–H and O–H groups in total. The third-order valence-corrected chi connectivity index (χ3v) is 4.81. The number of aromatic nitrogens is 5. The average molecular weight is 396 g/mol. The minimum Gasteiger partial charge on any atom is -0.324 e. The summed E-state index contributed by atoms with van der Waals surface area (Å²) in [6.45, 7) is -0.218. The van der Waals surface area contributed by atoms with Crippen LogP contribution >= 0.6 is 0 Å². The lowest BCUT2D eigenvalue weighted by Gasteiger charge is -2.09. The number of para-hydroxylation sites is 2. The Morgan fingerprint density at radius 3 is 2.47 bits per heavy atom. The van der Waals surface area contributed by atoms with E-state index in [4.69, 9.17) is 0 Å². The maximum absolute atomic E-state index is 12.5. The predicted octanol–water partition coefficient (Wildman–Crippen LogP) is 2.77. The Bertz CT molecular complexity index is 1440. The van der Waals surface area contributed by atoms with Gasteiger partial charge in [-0.3, -0.25) is 14.2 Å². The molecule has 8 nitrogen and oxygen atoms in total. The standard InChI is InChI=1S/C22H16N6O2/c29-21(13-28-22(30)17-5-1-2-6-18(17)25-26-28)24-15-9-11-16(12-10-15)27-14-23-19-7-3-4-8-20(19)27/h1-12,14H,13H2,(H,24,29). The number of fused-ring (bicyclic) bond motifs is 2. The number of nitrogens with one attached hydrogen (secondary N) is 1. The van der Waals surface area contributed by atoms with Gasteiger partial charge in [0, 0.05) is 11.4 Å². The number of carbonyl (C=O) groups is 1. The fraction of sp³-hybridized carbons (Fsp3) is 0.0455. The van der Waals surface area contributed by atoms with E-state index in [2.05, 4.69) is 20.6 Å². The Morgan fingerprint density at radius 2 is 1.63 bits per heavy atom. The van der Waals surface area contributed by atoms with Crippen LogP contribution in [0.3, 0.4) is 0 Å². The van der Waals surface area contributed by atoms with Crippen molar-refractivity contribution in [3.05, 3.63) is 89.5 Å². The summed E-state index contributed by atoms with van der Waals surface area (Å²) in [6.07, 6.45) is 1.77. The largest absolute Gasteiger partial charge is 0.324 e. The fourth-order valence-electron chi connectivity index (χ4n) is 3.33. The second-order valence-electron chi connectivity index (χ2n) is 6.77. The zero-order chi connectivity index (χ0) is 20.5. The van der Waals surface area contributed by atoms with Crippen molar-refractivity contribution >= 4 is 33.5 Å². The summed E-state index contributed by atoms with van der Waals surface area (Å²) in [5, 5.41) is 11.1. The number of imidazole rings is 1. The lowest BCUT2D eigenvalue weighted by molar-refractivity contribution is -0.117. The highest BCUT2D eigenvalue weighted by molar-refractivity contribution is 5.90. The molecule has 8 heteroatoms. The molecule has 1 amide bonds. The molecule has 146 valence electrons. The summed E-state index contributed by atoms with van der Waals surface area (Å²) < 4.78 is 3.04. The van der Waals surface area contributed by atoms with E-state index >= 15 is 0 Å². The van der Waals surface area contributed by atoms with Crippen molar-refractivity contribution in [1.82, 2.24) is 24.5 Å². The van der Waals surface area contributed by atoms with Gasteiger partial charge in [-0.2, -0.15) is 0 Å². The summed E-state index contributed by atoms with van der Waals surface area (Å²) in [4.78, 5) is 29.3. The molecule has 0 radical (unpaired) electrons. The minimum atomic E-state index is -0.359. The molecule has 5 aromatic rings. The van der Waals surface area contributed by atoms with Crippen LogP contribution in [0.5, 0.6) is 0 Å². The lowest BCUT2D eigenvalue weighted by Crippen LogP contribution is -2.30. The number of hydrogen-bond acceptors (Lipinski definition) is 5. The van der Waals surface area contributed by atoms with Crippen LogP contribution in [0.4, 0.5) is 5.69 Å². The van der Waals surface area contributed by atoms with Gasteiger partial charge in [0.1, 0.15) is 18.4 Å². The first-order chi connectivity index (χ1) is 14.7. The third-order valence-electron chi connectivity index (χ3n) is 4.81. The highest BCUT2D eigenvalue weighted by atomic mass is 16.2. The first kappa shape index (κ1) is 17.7. The smallest absolute Gasteiger partial charge is 0.278 e. The fourth-order valence-corrected chi connectivity index (χ4v) is 3.33. The Labute approximate surface area is 170 Å². The van der Waals surface area contributed by atoms with Crippen molar-refractivity contribution in [2.24, 2.45) is 0 Å². The maximum Gasteiger partial charge on any atom is 0.278 e. The number of anilines is 1. The number of benzene rings is 3. The maximum atomic E-state index is 12.5. The Hall–Kier alpha value is -4.33. The molecule has 5 rings (SSSR count). The van der Waals surface area contributed by atoms with Gasteiger partial charge in [-0.1, -0.05) is 29.5 Å². The quantitative estimate of drug-likeness (QED) is 0.504. The van der Waals surface area contributed by atoms with Gasteiger partial charge in [0.2, 0.25) is 5.91 Å². The van der Waals surface area contributed by atoms with Crippen LogP contribution in [0.25, 0.3) is 27.6 Å². The van der Waals surface area contributed by atoms with Crippen LogP contribution in [0.2, 0.25) is 0 Å². The molecule has 0 bridgehead atoms. The van der Waals surface area contributed by atoms with Crippen molar-refractivity contribution in [3.8, 4) is 5.69 Å². The molecule has 0 aliphatic rings. The van der Waals surface area contributed by atoms with Gasteiger partial charge in [-0.15, -0.1) is 5.10 Å². The average Bonchev–Trinajstić information content (AvgIpc) is 3.21. The first-order valence-corrected chi connectivity index (χ1v) is 9.34. The van der Waals surface area contributed by atoms with Gasteiger partial charge in [-0.25, -0.2) is 9.67 Å². The van der Waals surface area contributed by atoms with Gasteiger partial charge in [-0.05, 0) is 48.5 Å². The molecule has 0 saturated carbocycles. The van der Waals surface area contributed by atoms with E-state index in [0.717, 1.165) is 21.4 Å². The van der Waals surface area contributed by atoms with E-state index in [1.807, 2.05) is 41.0 Å². The highest BCUT2D eigenvalue weighted by Gasteiger charge is 2.10. The number of nitrogens with zero attached hydrogens (tertiary/aromatic N) is 5. The van der Waals surface area contributed by atoms with Gasteiger partial charge in [0.25, 0.3) is 5.56 Å². The molecule has 0 unspecified atom stereocenters. The van der Waals surface area contributed by atoms with Gasteiger partial charge in [0.15, 0.2) is 0 Å². The van der Waals surface area contributed by atoms with Crippen molar-refractivity contribution in [1.29, 1.82) is 0 Å². The Balaban J connectivity index is 1.33. The van der Waals surface area contributed by atoms with Gasteiger partial charge >= 0.3 is 0 Å². The van der Waals surface area contributed by atoms with E-state index in [1.54, 1.807) is 42.7 Å². The van der Waals surface area contributed by atoms with Crippen molar-refractivity contribution in [2.45, 2.75) is 6.54 Å². The number of hydrogen-bond donors (Lipinski definition) is 1. The SMILES string of the molecule is O=C(Cn1nnc2ccccc2c1=O)Nc1ccc(-n2cnc3ccccc32)cc1. The zero-order valence-electron chi connectivity index (χ0n) is 15.8. The van der Waals surface area contributed by atoms with Crippen molar-refractivity contribution in [3.63, 3.8) is 0 Å². The monoisotopic (exact) mass is 396 g/mol. The van der Waals surface area contributed by atoms with Crippen LogP contribution in [0.15, 0.2) is 83.9 Å². The van der Waals surface area contributed by atoms with E-state index in [1.165, 1.54) is 0 Å². The van der Waals surface area contributed by atoms with Crippen LogP contribution in [-0.2, 0) is 11.3 Å². The van der Waals surface area contributed by atoms with E-state index in [0.29, 0.717) is 16.6 Å². The molecule has 0 atom stereocenters. The third kappa shape index (κ3) is 3.20. The minimum absolute atomic E-state index is 0.218. The Morgan fingerprint density at radius 1 is 0.900 bits per heavy atom. The molecule has 0 aliphatic carbocycles. The predicted molar refractivity (Wildman–Crippen MR) is 113 cm³/mol. The number of carbonyl (C=O) groups excluding carboxylic acids is 1. The summed E-state index contributed by atoms with van der Waals surface area (Å²) in [5.41, 5.74) is 3.62. The van der Waals surface area contributed by atoms with Crippen LogP contribution in [0, 0.1) is 0 Å². The molecule has 30 heavy (non-hydrogen) atoms.